The van der Waals surface area contributed by atoms with E-state index in [2.05, 4.69) is 15.5 Å². The average Bonchev–Trinajstić information content (AvgIpc) is 3.04. The van der Waals surface area contributed by atoms with E-state index in [0.717, 1.165) is 25.9 Å². The summed E-state index contributed by atoms with van der Waals surface area (Å²) in [5.74, 6) is 0.928. The maximum atomic E-state index is 11.9. The lowest BCUT2D eigenvalue weighted by Gasteiger charge is -2.09. The molecule has 0 radical (unpaired) electrons. The van der Waals surface area contributed by atoms with Crippen LogP contribution in [0.2, 0.25) is 0 Å². The van der Waals surface area contributed by atoms with E-state index in [4.69, 9.17) is 4.74 Å². The van der Waals surface area contributed by atoms with Crippen molar-refractivity contribution in [1.82, 2.24) is 10.4 Å². The van der Waals surface area contributed by atoms with Crippen LogP contribution in [0.4, 0.5) is 0 Å². The number of nitrogens with zero attached hydrogens (tertiary/aromatic N) is 2. The number of thiazole rings is 1. The van der Waals surface area contributed by atoms with Gasteiger partial charge in [0.15, 0.2) is 4.34 Å². The molecule has 3 rings (SSSR count). The molecule has 0 bridgehead atoms. The molecule has 0 unspecified atom stereocenters. The van der Waals surface area contributed by atoms with Gasteiger partial charge in [-0.3, -0.25) is 4.79 Å². The van der Waals surface area contributed by atoms with Crippen molar-refractivity contribution in [3.05, 3.63) is 54.1 Å². The van der Waals surface area contributed by atoms with Crippen molar-refractivity contribution >= 4 is 45.4 Å². The van der Waals surface area contributed by atoms with Crippen molar-refractivity contribution in [2.45, 2.75) is 24.3 Å². The number of hydrazone groups is 1. The molecule has 1 amide bonds. The molecule has 2 aromatic carbocycles. The normalized spacial score (nSPS) is 11.3. The van der Waals surface area contributed by atoms with E-state index in [0.29, 0.717) is 0 Å². The summed E-state index contributed by atoms with van der Waals surface area (Å²) < 4.78 is 7.59. The Bertz CT molecular complexity index is 872. The largest absolute Gasteiger partial charge is 0.491 e. The molecule has 1 aromatic heterocycles. The minimum atomic E-state index is -0.162. The van der Waals surface area contributed by atoms with Gasteiger partial charge in [0.05, 0.1) is 28.3 Å². The lowest BCUT2D eigenvalue weighted by Crippen LogP contribution is -2.19. The SMILES string of the molecule is CC(C)Oc1ccc(/C=N\NC(=O)CSc2nc3ccccc3s2)cc1. The predicted octanol–water partition coefficient (Wildman–Crippen LogP) is 4.33. The highest BCUT2D eigenvalue weighted by Crippen LogP contribution is 2.28. The monoisotopic (exact) mass is 385 g/mol. The third-order valence-electron chi connectivity index (χ3n) is 3.26. The Kier molecular flexibility index (Phi) is 6.25. The molecule has 0 aliphatic rings. The smallest absolute Gasteiger partial charge is 0.250 e. The molecule has 0 saturated carbocycles. The van der Waals surface area contributed by atoms with E-state index < -0.39 is 0 Å². The summed E-state index contributed by atoms with van der Waals surface area (Å²) in [6.45, 7) is 3.97. The van der Waals surface area contributed by atoms with Gasteiger partial charge in [0.2, 0.25) is 0 Å². The fourth-order valence-corrected chi connectivity index (χ4v) is 4.02. The number of fused-ring (bicyclic) bond motifs is 1. The number of aromatic nitrogens is 1. The number of benzene rings is 2. The number of carbonyl (C=O) groups excluding carboxylic acids is 1. The van der Waals surface area contributed by atoms with Crippen molar-refractivity contribution in [2.75, 3.05) is 5.75 Å². The van der Waals surface area contributed by atoms with Gasteiger partial charge in [0.1, 0.15) is 5.75 Å². The van der Waals surface area contributed by atoms with Gasteiger partial charge in [-0.25, -0.2) is 10.4 Å². The van der Waals surface area contributed by atoms with Gasteiger partial charge in [-0.2, -0.15) is 5.10 Å². The number of carbonyl (C=O) groups is 1. The van der Waals surface area contributed by atoms with Crippen molar-refractivity contribution in [2.24, 2.45) is 5.10 Å². The third-order valence-corrected chi connectivity index (χ3v) is 5.44. The van der Waals surface area contributed by atoms with Gasteiger partial charge in [-0.05, 0) is 55.8 Å². The first-order valence-corrected chi connectivity index (χ1v) is 9.97. The molecule has 3 aromatic rings. The van der Waals surface area contributed by atoms with E-state index >= 15 is 0 Å². The maximum absolute atomic E-state index is 11.9. The Hall–Kier alpha value is -2.38. The Balaban J connectivity index is 1.46. The van der Waals surface area contributed by atoms with Crippen LogP contribution >= 0.6 is 23.1 Å². The van der Waals surface area contributed by atoms with E-state index in [-0.39, 0.29) is 17.8 Å². The zero-order valence-electron chi connectivity index (χ0n) is 14.5. The maximum Gasteiger partial charge on any atom is 0.250 e. The molecule has 1 N–H and O–H groups in total. The number of para-hydroxylation sites is 1. The Morgan fingerprint density at radius 3 is 2.77 bits per heavy atom. The second-order valence-corrected chi connectivity index (χ2v) is 8.02. The molecule has 7 heteroatoms. The van der Waals surface area contributed by atoms with Crippen LogP contribution in [0, 0.1) is 0 Å². The Morgan fingerprint density at radius 2 is 2.04 bits per heavy atom. The summed E-state index contributed by atoms with van der Waals surface area (Å²) >= 11 is 3.00. The molecule has 0 spiro atoms. The number of nitrogens with one attached hydrogen (secondary N) is 1. The van der Waals surface area contributed by atoms with E-state index in [1.807, 2.05) is 62.4 Å². The minimum absolute atomic E-state index is 0.140. The molecule has 0 aliphatic heterocycles. The molecule has 5 nitrogen and oxygen atoms in total. The number of hydrogen-bond donors (Lipinski definition) is 1. The van der Waals surface area contributed by atoms with E-state index in [9.17, 15) is 4.79 Å². The summed E-state index contributed by atoms with van der Waals surface area (Å²) in [6.07, 6.45) is 1.75. The van der Waals surface area contributed by atoms with Crippen LogP contribution in [0.25, 0.3) is 10.2 Å². The Morgan fingerprint density at radius 1 is 1.27 bits per heavy atom. The first-order valence-electron chi connectivity index (χ1n) is 8.17. The number of rotatable bonds is 7. The fourth-order valence-electron chi connectivity index (χ4n) is 2.16. The van der Waals surface area contributed by atoms with Crippen LogP contribution in [-0.4, -0.2) is 29.0 Å². The number of ether oxygens (including phenoxy) is 1. The highest BCUT2D eigenvalue weighted by molar-refractivity contribution is 8.01. The van der Waals surface area contributed by atoms with Gasteiger partial charge in [0, 0.05) is 0 Å². The number of amides is 1. The van der Waals surface area contributed by atoms with Crippen LogP contribution in [0.5, 0.6) is 5.75 Å². The zero-order valence-corrected chi connectivity index (χ0v) is 16.1. The third kappa shape index (κ3) is 5.31. The number of hydrogen-bond acceptors (Lipinski definition) is 6. The molecule has 1 heterocycles. The first-order chi connectivity index (χ1) is 12.6. The Labute approximate surface area is 160 Å². The van der Waals surface area contributed by atoms with E-state index in [1.165, 1.54) is 11.8 Å². The van der Waals surface area contributed by atoms with Gasteiger partial charge < -0.3 is 4.74 Å². The molecule has 0 fully saturated rings. The quantitative estimate of drug-likeness (QED) is 0.374. The summed E-state index contributed by atoms with van der Waals surface area (Å²) in [7, 11) is 0. The molecule has 0 aliphatic carbocycles. The van der Waals surface area contributed by atoms with Crippen LogP contribution in [0.15, 0.2) is 58.0 Å². The summed E-state index contributed by atoms with van der Waals surface area (Å²) in [6, 6.07) is 15.5. The van der Waals surface area contributed by atoms with Crippen molar-refractivity contribution in [1.29, 1.82) is 0 Å². The minimum Gasteiger partial charge on any atom is -0.491 e. The standard InChI is InChI=1S/C19H19N3O2S2/c1-13(2)24-15-9-7-14(8-10-15)11-20-22-18(23)12-25-19-21-16-5-3-4-6-17(16)26-19/h3-11,13H,12H2,1-2H3,(H,22,23)/b20-11-. The van der Waals surface area contributed by atoms with Gasteiger partial charge in [-0.15, -0.1) is 11.3 Å². The highest BCUT2D eigenvalue weighted by atomic mass is 32.2. The van der Waals surface area contributed by atoms with Crippen LogP contribution in [-0.2, 0) is 4.79 Å². The fraction of sp³-hybridized carbons (Fsp3) is 0.211. The second-order valence-electron chi connectivity index (χ2n) is 5.76. The van der Waals surface area contributed by atoms with Crippen molar-refractivity contribution in [3.63, 3.8) is 0 Å². The van der Waals surface area contributed by atoms with Gasteiger partial charge in [0.25, 0.3) is 5.91 Å². The lowest BCUT2D eigenvalue weighted by atomic mass is 10.2. The topological polar surface area (TPSA) is 63.6 Å². The molecular formula is C19H19N3O2S2. The predicted molar refractivity (Wildman–Crippen MR) is 108 cm³/mol. The summed E-state index contributed by atoms with van der Waals surface area (Å²) in [4.78, 5) is 16.4. The van der Waals surface area contributed by atoms with Crippen LogP contribution in [0.3, 0.4) is 0 Å². The van der Waals surface area contributed by atoms with E-state index in [1.54, 1.807) is 17.6 Å². The van der Waals surface area contributed by atoms with Gasteiger partial charge >= 0.3 is 0 Å². The number of thioether (sulfide) groups is 1. The highest BCUT2D eigenvalue weighted by Gasteiger charge is 2.06. The summed E-state index contributed by atoms with van der Waals surface area (Å²) in [5, 5.41) is 3.99. The molecule has 0 atom stereocenters. The first kappa shape index (κ1) is 18.4. The van der Waals surface area contributed by atoms with Crippen molar-refractivity contribution < 1.29 is 9.53 Å². The van der Waals surface area contributed by atoms with Gasteiger partial charge in [-0.1, -0.05) is 23.9 Å². The molecule has 0 saturated heterocycles. The summed E-state index contributed by atoms with van der Waals surface area (Å²) in [5.41, 5.74) is 4.39. The average molecular weight is 386 g/mol. The zero-order chi connectivity index (χ0) is 18.4. The lowest BCUT2D eigenvalue weighted by molar-refractivity contribution is -0.118. The molecule has 134 valence electrons. The van der Waals surface area contributed by atoms with Crippen molar-refractivity contribution in [3.8, 4) is 5.75 Å². The molecular weight excluding hydrogens is 366 g/mol. The van der Waals surface area contributed by atoms with Crippen LogP contribution in [0.1, 0.15) is 19.4 Å². The molecule has 26 heavy (non-hydrogen) atoms. The van der Waals surface area contributed by atoms with Crippen LogP contribution < -0.4 is 10.2 Å². The second kappa shape index (κ2) is 8.82.